The van der Waals surface area contributed by atoms with Crippen LogP contribution in [0.25, 0.3) is 0 Å². The number of aryl methyl sites for hydroxylation is 2. The van der Waals surface area contributed by atoms with Crippen LogP contribution in [0.1, 0.15) is 35.5 Å². The van der Waals surface area contributed by atoms with E-state index < -0.39 is 17.7 Å². The highest BCUT2D eigenvalue weighted by Crippen LogP contribution is 2.17. The molecule has 0 aliphatic heterocycles. The molecule has 1 aromatic heterocycles. The van der Waals surface area contributed by atoms with Gasteiger partial charge in [0.1, 0.15) is 0 Å². The van der Waals surface area contributed by atoms with Crippen molar-refractivity contribution in [1.82, 2.24) is 15.1 Å². The summed E-state index contributed by atoms with van der Waals surface area (Å²) in [5, 5.41) is 7.06. The highest BCUT2D eigenvalue weighted by molar-refractivity contribution is 5.79. The lowest BCUT2D eigenvalue weighted by Crippen LogP contribution is -2.28. The van der Waals surface area contributed by atoms with Crippen LogP contribution in [-0.2, 0) is 18.3 Å². The third kappa shape index (κ3) is 3.32. The second-order valence-corrected chi connectivity index (χ2v) is 5.41. The van der Waals surface area contributed by atoms with Gasteiger partial charge in [-0.1, -0.05) is 6.07 Å². The Morgan fingerprint density at radius 3 is 2.55 bits per heavy atom. The molecule has 0 bridgehead atoms. The minimum atomic E-state index is -0.919. The largest absolute Gasteiger partial charge is 0.349 e. The second kappa shape index (κ2) is 6.25. The first-order chi connectivity index (χ1) is 10.3. The molecule has 1 heterocycles. The van der Waals surface area contributed by atoms with E-state index in [1.165, 1.54) is 6.07 Å². The Morgan fingerprint density at radius 2 is 2.00 bits per heavy atom. The molecule has 2 aromatic rings. The number of amides is 1. The van der Waals surface area contributed by atoms with Crippen molar-refractivity contribution in [1.29, 1.82) is 0 Å². The molecule has 118 valence electrons. The molecule has 1 amide bonds. The Morgan fingerprint density at radius 1 is 1.32 bits per heavy atom. The number of nitrogens with one attached hydrogen (secondary N) is 1. The number of hydrogen-bond acceptors (Lipinski definition) is 2. The van der Waals surface area contributed by atoms with Gasteiger partial charge in [0.15, 0.2) is 11.6 Å². The molecule has 6 heteroatoms. The zero-order valence-corrected chi connectivity index (χ0v) is 13.1. The van der Waals surface area contributed by atoms with Gasteiger partial charge in [-0.3, -0.25) is 9.48 Å². The van der Waals surface area contributed by atoms with Crippen molar-refractivity contribution in [2.75, 3.05) is 0 Å². The molecule has 1 N–H and O–H groups in total. The topological polar surface area (TPSA) is 46.9 Å². The highest BCUT2D eigenvalue weighted by atomic mass is 19.2. The molecule has 0 aliphatic carbocycles. The molecule has 1 aromatic carbocycles. The van der Waals surface area contributed by atoms with E-state index in [-0.39, 0.29) is 12.3 Å². The van der Waals surface area contributed by atoms with Gasteiger partial charge in [0.25, 0.3) is 0 Å². The molecular formula is C16H19F2N3O. The van der Waals surface area contributed by atoms with E-state index >= 15 is 0 Å². The van der Waals surface area contributed by atoms with Crippen LogP contribution in [0, 0.1) is 25.5 Å². The third-order valence-corrected chi connectivity index (χ3v) is 3.82. The molecule has 0 radical (unpaired) electrons. The summed E-state index contributed by atoms with van der Waals surface area (Å²) < 4.78 is 27.9. The maximum absolute atomic E-state index is 13.2. The van der Waals surface area contributed by atoms with E-state index in [4.69, 9.17) is 0 Å². The number of hydrogen-bond donors (Lipinski definition) is 1. The van der Waals surface area contributed by atoms with E-state index in [0.29, 0.717) is 5.56 Å². The zero-order chi connectivity index (χ0) is 16.4. The standard InChI is InChI=1S/C16H19F2N3O/c1-9(12-5-6-14(17)15(18)7-12)19-16(22)8-13-10(2)20-21(4)11(13)3/h5-7,9H,8H2,1-4H3,(H,19,22). The summed E-state index contributed by atoms with van der Waals surface area (Å²) in [7, 11) is 1.83. The Labute approximate surface area is 128 Å². The van der Waals surface area contributed by atoms with E-state index in [1.54, 1.807) is 11.6 Å². The maximum Gasteiger partial charge on any atom is 0.225 e. The Balaban J connectivity index is 2.06. The highest BCUT2D eigenvalue weighted by Gasteiger charge is 2.16. The number of benzene rings is 1. The molecule has 0 aliphatic rings. The van der Waals surface area contributed by atoms with Crippen molar-refractivity contribution in [3.05, 3.63) is 52.3 Å². The maximum atomic E-state index is 13.2. The summed E-state index contributed by atoms with van der Waals surface area (Å²) in [5.74, 6) is -2.00. The van der Waals surface area contributed by atoms with E-state index in [1.807, 2.05) is 20.9 Å². The lowest BCUT2D eigenvalue weighted by molar-refractivity contribution is -0.121. The quantitative estimate of drug-likeness (QED) is 0.944. The monoisotopic (exact) mass is 307 g/mol. The molecular weight excluding hydrogens is 288 g/mol. The molecule has 4 nitrogen and oxygen atoms in total. The minimum absolute atomic E-state index is 0.184. The van der Waals surface area contributed by atoms with Gasteiger partial charge in [-0.25, -0.2) is 8.78 Å². The van der Waals surface area contributed by atoms with Gasteiger partial charge in [0, 0.05) is 18.3 Å². The number of rotatable bonds is 4. The average molecular weight is 307 g/mol. The van der Waals surface area contributed by atoms with Gasteiger partial charge in [-0.2, -0.15) is 5.10 Å². The fourth-order valence-electron chi connectivity index (χ4n) is 2.39. The smallest absolute Gasteiger partial charge is 0.225 e. The fourth-order valence-corrected chi connectivity index (χ4v) is 2.39. The predicted molar refractivity (Wildman–Crippen MR) is 79.3 cm³/mol. The van der Waals surface area contributed by atoms with Crippen LogP contribution in [0.3, 0.4) is 0 Å². The number of aromatic nitrogens is 2. The van der Waals surface area contributed by atoms with Crippen LogP contribution in [0.2, 0.25) is 0 Å². The first kappa shape index (κ1) is 16.1. The first-order valence-corrected chi connectivity index (χ1v) is 7.03. The molecule has 0 saturated heterocycles. The minimum Gasteiger partial charge on any atom is -0.349 e. The van der Waals surface area contributed by atoms with Gasteiger partial charge in [-0.15, -0.1) is 0 Å². The molecule has 1 atom stereocenters. The summed E-state index contributed by atoms with van der Waals surface area (Å²) in [6.07, 6.45) is 0.208. The van der Waals surface area contributed by atoms with Crippen molar-refractivity contribution in [2.24, 2.45) is 7.05 Å². The Kier molecular flexibility index (Phi) is 4.59. The predicted octanol–water partition coefficient (Wildman–Crippen LogP) is 2.74. The van der Waals surface area contributed by atoms with Gasteiger partial charge < -0.3 is 5.32 Å². The molecule has 1 unspecified atom stereocenters. The van der Waals surface area contributed by atoms with Crippen molar-refractivity contribution in [3.8, 4) is 0 Å². The molecule has 0 fully saturated rings. The van der Waals surface area contributed by atoms with Crippen LogP contribution in [0.4, 0.5) is 8.78 Å². The van der Waals surface area contributed by atoms with Crippen LogP contribution in [0.15, 0.2) is 18.2 Å². The van der Waals surface area contributed by atoms with Crippen LogP contribution in [0.5, 0.6) is 0 Å². The normalized spacial score (nSPS) is 12.3. The average Bonchev–Trinajstić information content (AvgIpc) is 2.68. The van der Waals surface area contributed by atoms with Gasteiger partial charge in [-0.05, 0) is 38.5 Å². The third-order valence-electron chi connectivity index (χ3n) is 3.82. The van der Waals surface area contributed by atoms with Crippen LogP contribution in [-0.4, -0.2) is 15.7 Å². The number of halogens is 2. The van der Waals surface area contributed by atoms with Crippen molar-refractivity contribution >= 4 is 5.91 Å². The molecule has 0 saturated carbocycles. The summed E-state index contributed by atoms with van der Waals surface area (Å²) in [6.45, 7) is 5.49. The fraction of sp³-hybridized carbons (Fsp3) is 0.375. The number of carbonyl (C=O) groups is 1. The van der Waals surface area contributed by atoms with Gasteiger partial charge in [0.2, 0.25) is 5.91 Å². The lowest BCUT2D eigenvalue weighted by atomic mass is 10.1. The Hall–Kier alpha value is -2.24. The van der Waals surface area contributed by atoms with Crippen LogP contribution >= 0.6 is 0 Å². The summed E-state index contributed by atoms with van der Waals surface area (Å²) >= 11 is 0. The summed E-state index contributed by atoms with van der Waals surface area (Å²) in [4.78, 5) is 12.1. The Bertz CT molecular complexity index is 710. The van der Waals surface area contributed by atoms with Crippen molar-refractivity contribution in [2.45, 2.75) is 33.2 Å². The summed E-state index contributed by atoms with van der Waals surface area (Å²) in [5.41, 5.74) is 3.16. The molecule has 22 heavy (non-hydrogen) atoms. The van der Waals surface area contributed by atoms with Crippen molar-refractivity contribution < 1.29 is 13.6 Å². The number of carbonyl (C=O) groups excluding carboxylic acids is 1. The van der Waals surface area contributed by atoms with Gasteiger partial charge in [0.05, 0.1) is 18.2 Å². The van der Waals surface area contributed by atoms with E-state index in [2.05, 4.69) is 10.4 Å². The lowest BCUT2D eigenvalue weighted by Gasteiger charge is -2.14. The van der Waals surface area contributed by atoms with E-state index in [0.717, 1.165) is 29.1 Å². The molecule has 2 rings (SSSR count). The SMILES string of the molecule is Cc1nn(C)c(C)c1CC(=O)NC(C)c1ccc(F)c(F)c1. The zero-order valence-electron chi connectivity index (χ0n) is 13.1. The molecule has 0 spiro atoms. The number of nitrogens with zero attached hydrogens (tertiary/aromatic N) is 2. The van der Waals surface area contributed by atoms with E-state index in [9.17, 15) is 13.6 Å². The van der Waals surface area contributed by atoms with Gasteiger partial charge >= 0.3 is 0 Å². The van der Waals surface area contributed by atoms with Crippen molar-refractivity contribution in [3.63, 3.8) is 0 Å². The van der Waals surface area contributed by atoms with Crippen LogP contribution < -0.4 is 5.32 Å². The first-order valence-electron chi connectivity index (χ1n) is 7.03. The summed E-state index contributed by atoms with van der Waals surface area (Å²) in [6, 6.07) is 3.22. The second-order valence-electron chi connectivity index (χ2n) is 5.41.